The van der Waals surface area contributed by atoms with Gasteiger partial charge in [-0.2, -0.15) is 0 Å². The lowest BCUT2D eigenvalue weighted by atomic mass is 10.1. The van der Waals surface area contributed by atoms with Gasteiger partial charge < -0.3 is 5.73 Å². The first kappa shape index (κ1) is 12.8. The molecule has 0 spiro atoms. The van der Waals surface area contributed by atoms with E-state index < -0.39 is 0 Å². The average molecular weight is 247 g/mol. The van der Waals surface area contributed by atoms with Crippen LogP contribution in [0.15, 0.2) is 18.2 Å². The number of hydrogen-bond acceptors (Lipinski definition) is 2. The molecule has 15 heavy (non-hydrogen) atoms. The molecular weight excluding hydrogens is 231 g/mol. The molecule has 0 saturated carbocycles. The number of benzene rings is 1. The molecule has 0 bridgehead atoms. The fourth-order valence-electron chi connectivity index (χ4n) is 1.53. The molecule has 0 aromatic heterocycles. The Morgan fingerprint density at radius 1 is 1.40 bits per heavy atom. The highest BCUT2D eigenvalue weighted by molar-refractivity contribution is 6.33. The Bertz CT molecular complexity index is 328. The maximum Gasteiger partial charge on any atom is 0.0482 e. The molecule has 0 aliphatic heterocycles. The number of nitrogens with zero attached hydrogens (tertiary/aromatic N) is 1. The Morgan fingerprint density at radius 3 is 2.60 bits per heavy atom. The summed E-state index contributed by atoms with van der Waals surface area (Å²) < 4.78 is 0. The van der Waals surface area contributed by atoms with Crippen LogP contribution in [0, 0.1) is 0 Å². The quantitative estimate of drug-likeness (QED) is 0.886. The van der Waals surface area contributed by atoms with Crippen molar-refractivity contribution in [3.63, 3.8) is 0 Å². The van der Waals surface area contributed by atoms with Gasteiger partial charge in [-0.05, 0) is 37.4 Å². The molecule has 0 heterocycles. The van der Waals surface area contributed by atoms with Gasteiger partial charge in [0.15, 0.2) is 0 Å². The highest BCUT2D eigenvalue weighted by Gasteiger charge is 2.17. The molecule has 0 radical (unpaired) electrons. The molecule has 0 aliphatic carbocycles. The third-order valence-electron chi connectivity index (χ3n) is 2.57. The molecule has 0 amide bonds. The maximum absolute atomic E-state index is 6.13. The Balaban J connectivity index is 3.05. The zero-order valence-corrected chi connectivity index (χ0v) is 10.5. The first-order chi connectivity index (χ1) is 7.10. The van der Waals surface area contributed by atoms with Gasteiger partial charge >= 0.3 is 0 Å². The van der Waals surface area contributed by atoms with Crippen LogP contribution in [0.5, 0.6) is 0 Å². The summed E-state index contributed by atoms with van der Waals surface area (Å²) in [5, 5.41) is 1.41. The molecule has 1 aromatic carbocycles. The van der Waals surface area contributed by atoms with Gasteiger partial charge in [-0.15, -0.1) is 0 Å². The summed E-state index contributed by atoms with van der Waals surface area (Å²) in [7, 11) is 2.02. The van der Waals surface area contributed by atoms with Crippen LogP contribution in [0.3, 0.4) is 0 Å². The van der Waals surface area contributed by atoms with Gasteiger partial charge in [-0.1, -0.05) is 30.1 Å². The fourth-order valence-corrected chi connectivity index (χ4v) is 1.96. The van der Waals surface area contributed by atoms with Gasteiger partial charge in [0, 0.05) is 22.6 Å². The van der Waals surface area contributed by atoms with E-state index in [2.05, 4.69) is 11.8 Å². The summed E-state index contributed by atoms with van der Waals surface area (Å²) in [6, 6.07) is 5.60. The van der Waals surface area contributed by atoms with Gasteiger partial charge in [0.05, 0.1) is 0 Å². The molecule has 1 atom stereocenters. The minimum absolute atomic E-state index is 0.126. The van der Waals surface area contributed by atoms with Crippen LogP contribution in [0.1, 0.15) is 18.5 Å². The van der Waals surface area contributed by atoms with Crippen molar-refractivity contribution >= 4 is 23.2 Å². The van der Waals surface area contributed by atoms with Crippen molar-refractivity contribution in [2.45, 2.75) is 13.0 Å². The Kier molecular flexibility index (Phi) is 4.87. The monoisotopic (exact) mass is 246 g/mol. The molecule has 1 aromatic rings. The van der Waals surface area contributed by atoms with E-state index in [1.807, 2.05) is 19.2 Å². The van der Waals surface area contributed by atoms with Crippen molar-refractivity contribution in [2.75, 3.05) is 20.1 Å². The lowest BCUT2D eigenvalue weighted by molar-refractivity contribution is 0.263. The molecule has 1 unspecified atom stereocenters. The predicted molar refractivity (Wildman–Crippen MR) is 66.6 cm³/mol. The van der Waals surface area contributed by atoms with Crippen molar-refractivity contribution in [2.24, 2.45) is 5.73 Å². The summed E-state index contributed by atoms with van der Waals surface area (Å²) in [5.41, 5.74) is 6.75. The molecular formula is C11H16Cl2N2. The lowest BCUT2D eigenvalue weighted by Crippen LogP contribution is -2.30. The fraction of sp³-hybridized carbons (Fsp3) is 0.455. The number of rotatable bonds is 4. The summed E-state index contributed by atoms with van der Waals surface area (Å²) >= 11 is 12.1. The number of nitrogens with two attached hydrogens (primary N) is 1. The molecule has 0 fully saturated rings. The number of halogens is 2. The van der Waals surface area contributed by atoms with Crippen LogP contribution in [0.4, 0.5) is 0 Å². The van der Waals surface area contributed by atoms with Crippen LogP contribution in [-0.2, 0) is 0 Å². The van der Waals surface area contributed by atoms with E-state index in [0.717, 1.165) is 17.1 Å². The third kappa shape index (κ3) is 3.08. The third-order valence-corrected chi connectivity index (χ3v) is 3.15. The van der Waals surface area contributed by atoms with E-state index >= 15 is 0 Å². The highest BCUT2D eigenvalue weighted by Crippen LogP contribution is 2.28. The average Bonchev–Trinajstić information content (AvgIpc) is 2.23. The normalized spacial score (nSPS) is 13.2. The molecule has 0 saturated heterocycles. The Morgan fingerprint density at radius 2 is 2.07 bits per heavy atom. The van der Waals surface area contributed by atoms with Gasteiger partial charge in [-0.3, -0.25) is 4.90 Å². The summed E-state index contributed by atoms with van der Waals surface area (Å²) in [5.74, 6) is 0. The minimum atomic E-state index is 0.126. The van der Waals surface area contributed by atoms with E-state index in [-0.39, 0.29) is 6.04 Å². The first-order valence-electron chi connectivity index (χ1n) is 4.95. The van der Waals surface area contributed by atoms with Crippen LogP contribution < -0.4 is 5.73 Å². The first-order valence-corrected chi connectivity index (χ1v) is 5.71. The standard InChI is InChI=1S/C11H16Cl2N2/c1-3-15(2)11(7-14)9-6-8(12)4-5-10(9)13/h4-6,11H,3,7,14H2,1-2H3. The second kappa shape index (κ2) is 5.71. The van der Waals surface area contributed by atoms with E-state index in [1.165, 1.54) is 0 Å². The van der Waals surface area contributed by atoms with Gasteiger partial charge in [0.25, 0.3) is 0 Å². The zero-order valence-electron chi connectivity index (χ0n) is 9.00. The van der Waals surface area contributed by atoms with Gasteiger partial charge in [0.1, 0.15) is 0 Å². The van der Waals surface area contributed by atoms with Gasteiger partial charge in [-0.25, -0.2) is 0 Å². The second-order valence-electron chi connectivity index (χ2n) is 3.49. The smallest absolute Gasteiger partial charge is 0.0482 e. The summed E-state index contributed by atoms with van der Waals surface area (Å²) in [6.07, 6.45) is 0. The summed E-state index contributed by atoms with van der Waals surface area (Å²) in [6.45, 7) is 3.54. The van der Waals surface area contributed by atoms with Crippen LogP contribution in [0.2, 0.25) is 10.0 Å². The minimum Gasteiger partial charge on any atom is -0.329 e. The molecule has 4 heteroatoms. The van der Waals surface area contributed by atoms with Crippen molar-refractivity contribution in [1.29, 1.82) is 0 Å². The molecule has 2 nitrogen and oxygen atoms in total. The highest BCUT2D eigenvalue weighted by atomic mass is 35.5. The van der Waals surface area contributed by atoms with Crippen molar-refractivity contribution in [1.82, 2.24) is 4.90 Å². The summed E-state index contributed by atoms with van der Waals surface area (Å²) in [4.78, 5) is 2.15. The molecule has 2 N–H and O–H groups in total. The van der Waals surface area contributed by atoms with Crippen molar-refractivity contribution < 1.29 is 0 Å². The zero-order chi connectivity index (χ0) is 11.4. The topological polar surface area (TPSA) is 29.3 Å². The molecule has 84 valence electrons. The second-order valence-corrected chi connectivity index (χ2v) is 4.33. The SMILES string of the molecule is CCN(C)C(CN)c1cc(Cl)ccc1Cl. The number of likely N-dealkylation sites (N-methyl/N-ethyl adjacent to an activating group) is 1. The van der Waals surface area contributed by atoms with E-state index in [9.17, 15) is 0 Å². The predicted octanol–water partition coefficient (Wildman–Crippen LogP) is 2.94. The lowest BCUT2D eigenvalue weighted by Gasteiger charge is -2.26. The molecule has 1 rings (SSSR count). The Hall–Kier alpha value is -0.280. The maximum atomic E-state index is 6.13. The Labute approximate surface area is 101 Å². The molecule has 0 aliphatic rings. The largest absolute Gasteiger partial charge is 0.329 e. The van der Waals surface area contributed by atoms with Crippen molar-refractivity contribution in [3.8, 4) is 0 Å². The number of hydrogen-bond donors (Lipinski definition) is 1. The van der Waals surface area contributed by atoms with Crippen molar-refractivity contribution in [3.05, 3.63) is 33.8 Å². The van der Waals surface area contributed by atoms with E-state index in [1.54, 1.807) is 6.07 Å². The van der Waals surface area contributed by atoms with Gasteiger partial charge in [0.2, 0.25) is 0 Å². The van der Waals surface area contributed by atoms with E-state index in [0.29, 0.717) is 11.6 Å². The van der Waals surface area contributed by atoms with Crippen LogP contribution in [0.25, 0.3) is 0 Å². The van der Waals surface area contributed by atoms with Crippen LogP contribution in [-0.4, -0.2) is 25.0 Å². The van der Waals surface area contributed by atoms with Crippen LogP contribution >= 0.6 is 23.2 Å². The van der Waals surface area contributed by atoms with E-state index in [4.69, 9.17) is 28.9 Å².